The number of anilines is 1. The molecule has 1 aromatic rings. The lowest BCUT2D eigenvalue weighted by Crippen LogP contribution is -2.34. The minimum absolute atomic E-state index is 0.0678. The van der Waals surface area contributed by atoms with Gasteiger partial charge in [0, 0.05) is 13.5 Å². The molecule has 1 rings (SSSR count). The van der Waals surface area contributed by atoms with Crippen LogP contribution in [-0.2, 0) is 4.79 Å². The fraction of sp³-hybridized carbons (Fsp3) is 0.364. The van der Waals surface area contributed by atoms with Crippen LogP contribution in [0.25, 0.3) is 0 Å². The van der Waals surface area contributed by atoms with Crippen LogP contribution in [0.1, 0.15) is 18.6 Å². The topological polar surface area (TPSA) is 116 Å². The zero-order valence-electron chi connectivity index (χ0n) is 9.42. The first-order valence-corrected chi connectivity index (χ1v) is 5.10. The second kappa shape index (κ2) is 5.51. The average molecular weight is 240 g/mol. The molecule has 0 saturated heterocycles. The van der Waals surface area contributed by atoms with Crippen molar-refractivity contribution in [1.82, 2.24) is 5.32 Å². The highest BCUT2D eigenvalue weighted by Crippen LogP contribution is 2.25. The van der Waals surface area contributed by atoms with E-state index in [2.05, 4.69) is 5.32 Å². The van der Waals surface area contributed by atoms with Gasteiger partial charge in [-0.15, -0.1) is 0 Å². The molecule has 2 unspecified atom stereocenters. The number of phenols is 1. The summed E-state index contributed by atoms with van der Waals surface area (Å²) in [4.78, 5) is 10.6. The molecule has 1 amide bonds. The summed E-state index contributed by atoms with van der Waals surface area (Å²) >= 11 is 0. The summed E-state index contributed by atoms with van der Waals surface area (Å²) < 4.78 is 0. The maximum Gasteiger partial charge on any atom is 0.216 e. The Kier molecular flexibility index (Phi) is 4.30. The molecule has 6 nitrogen and oxygen atoms in total. The van der Waals surface area contributed by atoms with Crippen molar-refractivity contribution in [3.63, 3.8) is 0 Å². The zero-order valence-corrected chi connectivity index (χ0v) is 9.42. The molecule has 2 atom stereocenters. The van der Waals surface area contributed by atoms with Crippen LogP contribution in [0, 0.1) is 0 Å². The average Bonchev–Trinajstić information content (AvgIpc) is 2.28. The number of carbonyl (C=O) groups is 1. The molecule has 6 N–H and O–H groups in total. The SMILES string of the molecule is CC(=O)NCC(O)C(O)c1ccc(N)c(O)c1. The molecule has 0 aliphatic heterocycles. The number of aliphatic hydroxyl groups is 2. The number of nitrogen functional groups attached to an aromatic ring is 1. The first-order chi connectivity index (χ1) is 7.91. The van der Waals surface area contributed by atoms with E-state index in [0.29, 0.717) is 5.56 Å². The van der Waals surface area contributed by atoms with Gasteiger partial charge in [0.25, 0.3) is 0 Å². The lowest BCUT2D eigenvalue weighted by Gasteiger charge is -2.18. The maximum absolute atomic E-state index is 10.6. The highest BCUT2D eigenvalue weighted by atomic mass is 16.3. The van der Waals surface area contributed by atoms with Crippen LogP contribution < -0.4 is 11.1 Å². The van der Waals surface area contributed by atoms with Gasteiger partial charge in [0.05, 0.1) is 5.69 Å². The van der Waals surface area contributed by atoms with Crippen LogP contribution in [0.4, 0.5) is 5.69 Å². The lowest BCUT2D eigenvalue weighted by atomic mass is 10.0. The van der Waals surface area contributed by atoms with Gasteiger partial charge in [0.15, 0.2) is 0 Å². The summed E-state index contributed by atoms with van der Waals surface area (Å²) in [6, 6.07) is 4.20. The van der Waals surface area contributed by atoms with Gasteiger partial charge in [0.2, 0.25) is 5.91 Å². The Morgan fingerprint density at radius 2 is 2.12 bits per heavy atom. The van der Waals surface area contributed by atoms with E-state index in [0.717, 1.165) is 0 Å². The summed E-state index contributed by atoms with van der Waals surface area (Å²) in [5, 5.41) is 31.1. The quantitative estimate of drug-likeness (QED) is 0.359. The molecule has 0 bridgehead atoms. The zero-order chi connectivity index (χ0) is 13.0. The lowest BCUT2D eigenvalue weighted by molar-refractivity contribution is -0.119. The third kappa shape index (κ3) is 3.61. The molecule has 6 heteroatoms. The second-order valence-electron chi connectivity index (χ2n) is 3.77. The van der Waals surface area contributed by atoms with E-state index in [4.69, 9.17) is 5.73 Å². The molecule has 0 radical (unpaired) electrons. The number of nitrogens with one attached hydrogen (secondary N) is 1. The highest BCUT2D eigenvalue weighted by molar-refractivity contribution is 5.72. The van der Waals surface area contributed by atoms with Crippen LogP contribution in [0.5, 0.6) is 5.75 Å². The van der Waals surface area contributed by atoms with E-state index in [1.54, 1.807) is 0 Å². The number of nitrogens with two attached hydrogens (primary N) is 1. The third-order valence-corrected chi connectivity index (χ3v) is 2.32. The molecule has 0 aliphatic rings. The maximum atomic E-state index is 10.6. The largest absolute Gasteiger partial charge is 0.506 e. The summed E-state index contributed by atoms with van der Waals surface area (Å²) in [6.45, 7) is 1.25. The normalized spacial score (nSPS) is 14.1. The number of rotatable bonds is 4. The molecule has 1 aromatic carbocycles. The first kappa shape index (κ1) is 13.3. The second-order valence-corrected chi connectivity index (χ2v) is 3.77. The number of aliphatic hydroxyl groups excluding tert-OH is 2. The van der Waals surface area contributed by atoms with E-state index >= 15 is 0 Å². The van der Waals surface area contributed by atoms with Gasteiger partial charge in [-0.1, -0.05) is 6.07 Å². The van der Waals surface area contributed by atoms with Gasteiger partial charge < -0.3 is 26.4 Å². The van der Waals surface area contributed by atoms with Crippen LogP contribution in [0.3, 0.4) is 0 Å². The molecule has 17 heavy (non-hydrogen) atoms. The smallest absolute Gasteiger partial charge is 0.216 e. The summed E-state index contributed by atoms with van der Waals surface area (Å²) in [6.07, 6.45) is -2.35. The minimum atomic E-state index is -1.20. The van der Waals surface area contributed by atoms with Gasteiger partial charge in [-0.3, -0.25) is 4.79 Å². The Morgan fingerprint density at radius 3 is 2.65 bits per heavy atom. The predicted octanol–water partition coefficient (Wildman–Crippen LogP) is -0.495. The van der Waals surface area contributed by atoms with Crippen molar-refractivity contribution in [2.75, 3.05) is 12.3 Å². The number of hydrogen-bond acceptors (Lipinski definition) is 5. The summed E-state index contributed by atoms with van der Waals surface area (Å²) in [5.41, 5.74) is 5.93. The molecule has 0 saturated carbocycles. The standard InChI is InChI=1S/C11H16N2O4/c1-6(14)13-5-10(16)11(17)7-2-3-8(12)9(15)4-7/h2-4,10-11,15-17H,5,12H2,1H3,(H,13,14). The van der Waals surface area contributed by atoms with E-state index < -0.39 is 12.2 Å². The molecule has 0 spiro atoms. The molecule has 94 valence electrons. The van der Waals surface area contributed by atoms with Gasteiger partial charge in [-0.05, 0) is 17.7 Å². The molecule has 0 heterocycles. The number of benzene rings is 1. The molecular weight excluding hydrogens is 224 g/mol. The van der Waals surface area contributed by atoms with Crippen molar-refractivity contribution >= 4 is 11.6 Å². The van der Waals surface area contributed by atoms with Crippen molar-refractivity contribution in [2.24, 2.45) is 0 Å². The molecule has 0 aromatic heterocycles. The Bertz CT molecular complexity index is 408. The first-order valence-electron chi connectivity index (χ1n) is 5.10. The predicted molar refractivity (Wildman–Crippen MR) is 62.2 cm³/mol. The summed E-state index contributed by atoms with van der Waals surface area (Å²) in [5.74, 6) is -0.454. The number of amides is 1. The van der Waals surface area contributed by atoms with Crippen molar-refractivity contribution in [2.45, 2.75) is 19.1 Å². The third-order valence-electron chi connectivity index (χ3n) is 2.32. The van der Waals surface area contributed by atoms with Crippen molar-refractivity contribution < 1.29 is 20.1 Å². The van der Waals surface area contributed by atoms with Crippen LogP contribution in [0.2, 0.25) is 0 Å². The number of hydrogen-bond donors (Lipinski definition) is 5. The van der Waals surface area contributed by atoms with Crippen molar-refractivity contribution in [3.05, 3.63) is 23.8 Å². The monoisotopic (exact) mass is 240 g/mol. The van der Waals surface area contributed by atoms with Crippen LogP contribution in [-0.4, -0.2) is 33.9 Å². The van der Waals surface area contributed by atoms with E-state index in [9.17, 15) is 20.1 Å². The Hall–Kier alpha value is -1.79. The van der Waals surface area contributed by atoms with E-state index in [1.165, 1.54) is 25.1 Å². The Balaban J connectivity index is 2.70. The van der Waals surface area contributed by atoms with Crippen LogP contribution in [0.15, 0.2) is 18.2 Å². The number of aromatic hydroxyl groups is 1. The van der Waals surface area contributed by atoms with Gasteiger partial charge in [0.1, 0.15) is 18.0 Å². The summed E-state index contributed by atoms with van der Waals surface area (Å²) in [7, 11) is 0. The van der Waals surface area contributed by atoms with Crippen LogP contribution >= 0.6 is 0 Å². The fourth-order valence-electron chi connectivity index (χ4n) is 1.33. The highest BCUT2D eigenvalue weighted by Gasteiger charge is 2.19. The number of phenolic OH excluding ortho intramolecular Hbond substituents is 1. The Labute approximate surface area is 98.7 Å². The van der Waals surface area contributed by atoms with E-state index in [-0.39, 0.29) is 23.9 Å². The van der Waals surface area contributed by atoms with Gasteiger partial charge in [-0.25, -0.2) is 0 Å². The fourth-order valence-corrected chi connectivity index (χ4v) is 1.33. The molecule has 0 fully saturated rings. The molecular formula is C11H16N2O4. The number of carbonyl (C=O) groups excluding carboxylic acids is 1. The van der Waals surface area contributed by atoms with Gasteiger partial charge >= 0.3 is 0 Å². The van der Waals surface area contributed by atoms with Crippen molar-refractivity contribution in [3.8, 4) is 5.75 Å². The van der Waals surface area contributed by atoms with E-state index in [1.807, 2.05) is 0 Å². The van der Waals surface area contributed by atoms with Gasteiger partial charge in [-0.2, -0.15) is 0 Å². The Morgan fingerprint density at radius 1 is 1.47 bits per heavy atom. The molecule has 0 aliphatic carbocycles. The van der Waals surface area contributed by atoms with Crippen molar-refractivity contribution in [1.29, 1.82) is 0 Å². The minimum Gasteiger partial charge on any atom is -0.506 e.